The molecule has 1 heterocycles. The maximum Gasteiger partial charge on any atom is 0.375 e. The molecule has 2 rings (SSSR count). The SMILES string of the molecule is Cc1ccc(-n2nc(C(=O)O)nc2N)c(C)c1. The van der Waals surface area contributed by atoms with Crippen molar-refractivity contribution < 1.29 is 9.90 Å². The first kappa shape index (κ1) is 11.1. The summed E-state index contributed by atoms with van der Waals surface area (Å²) in [7, 11) is 0. The van der Waals surface area contributed by atoms with Gasteiger partial charge in [-0.25, -0.2) is 4.79 Å². The second kappa shape index (κ2) is 3.89. The van der Waals surface area contributed by atoms with E-state index in [0.717, 1.165) is 16.8 Å². The Hall–Kier alpha value is -2.37. The summed E-state index contributed by atoms with van der Waals surface area (Å²) in [6.07, 6.45) is 0. The molecule has 17 heavy (non-hydrogen) atoms. The maximum atomic E-state index is 10.7. The number of aryl methyl sites for hydroxylation is 2. The van der Waals surface area contributed by atoms with Gasteiger partial charge < -0.3 is 10.8 Å². The van der Waals surface area contributed by atoms with E-state index in [1.165, 1.54) is 4.68 Å². The van der Waals surface area contributed by atoms with E-state index < -0.39 is 5.97 Å². The summed E-state index contributed by atoms with van der Waals surface area (Å²) in [4.78, 5) is 14.4. The lowest BCUT2D eigenvalue weighted by Gasteiger charge is -2.07. The largest absolute Gasteiger partial charge is 0.475 e. The maximum absolute atomic E-state index is 10.7. The smallest absolute Gasteiger partial charge is 0.375 e. The number of benzene rings is 1. The van der Waals surface area contributed by atoms with Crippen molar-refractivity contribution in [1.29, 1.82) is 0 Å². The van der Waals surface area contributed by atoms with E-state index in [4.69, 9.17) is 10.8 Å². The molecule has 1 aromatic carbocycles. The molecule has 0 spiro atoms. The Balaban J connectivity index is 2.56. The molecule has 0 saturated heterocycles. The third-order valence-corrected chi connectivity index (χ3v) is 2.40. The zero-order valence-corrected chi connectivity index (χ0v) is 9.51. The van der Waals surface area contributed by atoms with Crippen LogP contribution in [0.2, 0.25) is 0 Å². The number of rotatable bonds is 2. The molecule has 0 amide bonds. The Labute approximate surface area is 97.7 Å². The number of carboxylic acid groups (broad SMARTS) is 1. The van der Waals surface area contributed by atoms with Crippen molar-refractivity contribution in [3.63, 3.8) is 0 Å². The molecule has 2 aromatic rings. The fourth-order valence-electron chi connectivity index (χ4n) is 1.64. The Morgan fingerprint density at radius 2 is 2.12 bits per heavy atom. The Bertz CT molecular complexity index is 589. The van der Waals surface area contributed by atoms with Crippen LogP contribution in [0.3, 0.4) is 0 Å². The zero-order chi connectivity index (χ0) is 12.6. The molecule has 0 saturated carbocycles. The van der Waals surface area contributed by atoms with Crippen LogP contribution in [0.4, 0.5) is 5.95 Å². The molecule has 1 aromatic heterocycles. The van der Waals surface area contributed by atoms with Crippen LogP contribution in [0.25, 0.3) is 5.69 Å². The van der Waals surface area contributed by atoms with Crippen LogP contribution >= 0.6 is 0 Å². The summed E-state index contributed by atoms with van der Waals surface area (Å²) in [5, 5.41) is 12.6. The fraction of sp³-hybridized carbons (Fsp3) is 0.182. The number of aromatic nitrogens is 3. The quantitative estimate of drug-likeness (QED) is 0.810. The van der Waals surface area contributed by atoms with Crippen LogP contribution in [-0.2, 0) is 0 Å². The number of carboxylic acids is 1. The van der Waals surface area contributed by atoms with Crippen LogP contribution in [0.5, 0.6) is 0 Å². The summed E-state index contributed by atoms with van der Waals surface area (Å²) < 4.78 is 1.33. The van der Waals surface area contributed by atoms with Crippen molar-refractivity contribution >= 4 is 11.9 Å². The summed E-state index contributed by atoms with van der Waals surface area (Å²) in [5.41, 5.74) is 8.45. The Morgan fingerprint density at radius 1 is 1.41 bits per heavy atom. The average Bonchev–Trinajstić information content (AvgIpc) is 2.61. The highest BCUT2D eigenvalue weighted by molar-refractivity contribution is 5.83. The summed E-state index contributed by atoms with van der Waals surface area (Å²) >= 11 is 0. The highest BCUT2D eigenvalue weighted by Crippen LogP contribution is 2.17. The van der Waals surface area contributed by atoms with Crippen LogP contribution in [0, 0.1) is 13.8 Å². The van der Waals surface area contributed by atoms with Gasteiger partial charge in [-0.05, 0) is 25.5 Å². The third kappa shape index (κ3) is 1.96. The van der Waals surface area contributed by atoms with E-state index in [1.54, 1.807) is 0 Å². The van der Waals surface area contributed by atoms with Gasteiger partial charge in [-0.2, -0.15) is 9.67 Å². The molecule has 0 unspecified atom stereocenters. The highest BCUT2D eigenvalue weighted by Gasteiger charge is 2.15. The van der Waals surface area contributed by atoms with Gasteiger partial charge in [0.25, 0.3) is 5.82 Å². The molecule has 3 N–H and O–H groups in total. The minimum atomic E-state index is -1.19. The predicted octanol–water partition coefficient (Wildman–Crippen LogP) is 1.16. The van der Waals surface area contributed by atoms with Crippen molar-refractivity contribution in [2.45, 2.75) is 13.8 Å². The van der Waals surface area contributed by atoms with Gasteiger partial charge in [-0.3, -0.25) is 0 Å². The van der Waals surface area contributed by atoms with Crippen LogP contribution in [0.1, 0.15) is 21.7 Å². The van der Waals surface area contributed by atoms with E-state index in [0.29, 0.717) is 0 Å². The fourth-order valence-corrected chi connectivity index (χ4v) is 1.64. The van der Waals surface area contributed by atoms with Gasteiger partial charge in [0.2, 0.25) is 5.95 Å². The lowest BCUT2D eigenvalue weighted by Crippen LogP contribution is -2.05. The first-order valence-corrected chi connectivity index (χ1v) is 5.02. The first-order valence-electron chi connectivity index (χ1n) is 5.02. The molecule has 0 aliphatic rings. The monoisotopic (exact) mass is 232 g/mol. The predicted molar refractivity (Wildman–Crippen MR) is 62.2 cm³/mol. The van der Waals surface area contributed by atoms with Crippen LogP contribution in [0.15, 0.2) is 18.2 Å². The normalized spacial score (nSPS) is 10.5. The topological polar surface area (TPSA) is 94.0 Å². The third-order valence-electron chi connectivity index (χ3n) is 2.40. The van der Waals surface area contributed by atoms with Gasteiger partial charge in [0.1, 0.15) is 0 Å². The number of carbonyl (C=O) groups is 1. The molecule has 6 heteroatoms. The van der Waals surface area contributed by atoms with Crippen molar-refractivity contribution in [3.8, 4) is 5.69 Å². The molecule has 0 atom stereocenters. The minimum absolute atomic E-state index is 0.0642. The standard InChI is InChI=1S/C11H12N4O2/c1-6-3-4-8(7(2)5-6)15-11(12)13-9(14-15)10(16)17/h3-5H,1-2H3,(H,16,17)(H2,12,13,14). The highest BCUT2D eigenvalue weighted by atomic mass is 16.4. The summed E-state index contributed by atoms with van der Waals surface area (Å²) in [5.74, 6) is -1.43. The molecule has 6 nitrogen and oxygen atoms in total. The number of nitrogens with zero attached hydrogens (tertiary/aromatic N) is 3. The summed E-state index contributed by atoms with van der Waals surface area (Å²) in [6.45, 7) is 3.88. The van der Waals surface area contributed by atoms with E-state index in [9.17, 15) is 4.79 Å². The van der Waals surface area contributed by atoms with Gasteiger partial charge in [0.05, 0.1) is 5.69 Å². The van der Waals surface area contributed by atoms with Gasteiger partial charge in [0, 0.05) is 0 Å². The number of anilines is 1. The Morgan fingerprint density at radius 3 is 2.65 bits per heavy atom. The number of nitrogens with two attached hydrogens (primary N) is 1. The van der Waals surface area contributed by atoms with E-state index in [2.05, 4.69) is 10.1 Å². The van der Waals surface area contributed by atoms with Gasteiger partial charge in [-0.15, -0.1) is 5.10 Å². The number of hydrogen-bond donors (Lipinski definition) is 2. The second-order valence-corrected chi connectivity index (χ2v) is 3.80. The lowest BCUT2D eigenvalue weighted by atomic mass is 10.1. The molecule has 0 aliphatic carbocycles. The van der Waals surface area contributed by atoms with Crippen LogP contribution < -0.4 is 5.73 Å². The van der Waals surface area contributed by atoms with Crippen molar-refractivity contribution in [2.24, 2.45) is 0 Å². The molecule has 0 radical (unpaired) electrons. The molecule has 0 fully saturated rings. The van der Waals surface area contributed by atoms with Gasteiger partial charge >= 0.3 is 5.97 Å². The van der Waals surface area contributed by atoms with Gasteiger partial charge in [-0.1, -0.05) is 17.7 Å². The molecule has 0 aliphatic heterocycles. The van der Waals surface area contributed by atoms with Crippen molar-refractivity contribution in [2.75, 3.05) is 5.73 Å². The molecule has 88 valence electrons. The first-order chi connectivity index (χ1) is 7.99. The molecular formula is C11H12N4O2. The average molecular weight is 232 g/mol. The number of hydrogen-bond acceptors (Lipinski definition) is 4. The second-order valence-electron chi connectivity index (χ2n) is 3.80. The van der Waals surface area contributed by atoms with Crippen LogP contribution in [-0.4, -0.2) is 25.8 Å². The number of nitrogen functional groups attached to an aromatic ring is 1. The molecule has 0 bridgehead atoms. The summed E-state index contributed by atoms with van der Waals surface area (Å²) in [6, 6.07) is 5.71. The Kier molecular flexibility index (Phi) is 2.55. The molecular weight excluding hydrogens is 220 g/mol. The van der Waals surface area contributed by atoms with Gasteiger partial charge in [0.15, 0.2) is 0 Å². The van der Waals surface area contributed by atoms with Crippen molar-refractivity contribution in [1.82, 2.24) is 14.8 Å². The van der Waals surface area contributed by atoms with E-state index >= 15 is 0 Å². The number of aromatic carboxylic acids is 1. The minimum Gasteiger partial charge on any atom is -0.475 e. The zero-order valence-electron chi connectivity index (χ0n) is 9.51. The van der Waals surface area contributed by atoms with E-state index in [1.807, 2.05) is 32.0 Å². The lowest BCUT2D eigenvalue weighted by molar-refractivity contribution is 0.0683. The van der Waals surface area contributed by atoms with Crippen molar-refractivity contribution in [3.05, 3.63) is 35.2 Å². The van der Waals surface area contributed by atoms with E-state index in [-0.39, 0.29) is 11.8 Å².